The van der Waals surface area contributed by atoms with E-state index in [0.717, 1.165) is 22.7 Å². The maximum absolute atomic E-state index is 12.6. The molecule has 2 amide bonds. The fraction of sp³-hybridized carbons (Fsp3) is 0.391. The van der Waals surface area contributed by atoms with Gasteiger partial charge in [-0.3, -0.25) is 9.59 Å². The summed E-state index contributed by atoms with van der Waals surface area (Å²) >= 11 is 0. The van der Waals surface area contributed by atoms with E-state index in [2.05, 4.69) is 5.32 Å². The summed E-state index contributed by atoms with van der Waals surface area (Å²) in [5.41, 5.74) is 1.77. The Labute approximate surface area is 171 Å². The molecule has 1 aliphatic rings. The van der Waals surface area contributed by atoms with Crippen LogP contribution in [0.5, 0.6) is 11.5 Å². The quantitative estimate of drug-likeness (QED) is 0.741. The molecule has 0 radical (unpaired) electrons. The largest absolute Gasteiger partial charge is 0.494 e. The highest BCUT2D eigenvalue weighted by Crippen LogP contribution is 2.27. The van der Waals surface area contributed by atoms with Crippen LogP contribution in [0.2, 0.25) is 0 Å². The average Bonchev–Trinajstić information content (AvgIpc) is 3.09. The first-order valence-electron chi connectivity index (χ1n) is 10.0. The lowest BCUT2D eigenvalue weighted by Crippen LogP contribution is -2.32. The second-order valence-electron chi connectivity index (χ2n) is 7.36. The summed E-state index contributed by atoms with van der Waals surface area (Å²) in [7, 11) is 0. The molecule has 1 heterocycles. The van der Waals surface area contributed by atoms with E-state index < -0.39 is 0 Å². The molecule has 6 heteroatoms. The van der Waals surface area contributed by atoms with Gasteiger partial charge in [0.1, 0.15) is 11.5 Å². The molecule has 0 bridgehead atoms. The van der Waals surface area contributed by atoms with Crippen molar-refractivity contribution in [3.05, 3.63) is 54.1 Å². The summed E-state index contributed by atoms with van der Waals surface area (Å²) in [6.07, 6.45) is 0.317. The van der Waals surface area contributed by atoms with E-state index in [0.29, 0.717) is 19.7 Å². The Bertz CT molecular complexity index is 831. The molecular formula is C23H28N2O4. The molecule has 6 nitrogen and oxygen atoms in total. The fourth-order valence-electron chi connectivity index (χ4n) is 3.31. The van der Waals surface area contributed by atoms with Gasteiger partial charge in [-0.25, -0.2) is 0 Å². The van der Waals surface area contributed by atoms with Crippen LogP contribution >= 0.6 is 0 Å². The normalized spacial score (nSPS) is 16.2. The third-order valence-corrected chi connectivity index (χ3v) is 4.72. The Hall–Kier alpha value is -3.02. The van der Waals surface area contributed by atoms with E-state index in [-0.39, 0.29) is 30.3 Å². The van der Waals surface area contributed by atoms with E-state index >= 15 is 0 Å². The minimum Gasteiger partial charge on any atom is -0.494 e. The molecule has 0 aromatic heterocycles. The van der Waals surface area contributed by atoms with Crippen LogP contribution in [0.1, 0.15) is 32.8 Å². The van der Waals surface area contributed by atoms with Gasteiger partial charge >= 0.3 is 0 Å². The van der Waals surface area contributed by atoms with Gasteiger partial charge in [-0.05, 0) is 62.7 Å². The van der Waals surface area contributed by atoms with Crippen molar-refractivity contribution in [1.29, 1.82) is 0 Å². The second kappa shape index (κ2) is 9.45. The average molecular weight is 396 g/mol. The molecule has 1 fully saturated rings. The molecule has 2 aromatic rings. The molecule has 29 heavy (non-hydrogen) atoms. The summed E-state index contributed by atoms with van der Waals surface area (Å²) in [5, 5.41) is 2.94. The molecule has 0 aliphatic carbocycles. The molecule has 1 saturated heterocycles. The van der Waals surface area contributed by atoms with Gasteiger partial charge in [0.2, 0.25) is 11.8 Å². The highest BCUT2D eigenvalue weighted by atomic mass is 16.5. The van der Waals surface area contributed by atoms with Crippen molar-refractivity contribution in [3.63, 3.8) is 0 Å². The molecule has 1 N–H and O–H groups in total. The van der Waals surface area contributed by atoms with Crippen molar-refractivity contribution in [2.75, 3.05) is 18.1 Å². The summed E-state index contributed by atoms with van der Waals surface area (Å²) in [5.74, 6) is 1.08. The number of hydrogen-bond donors (Lipinski definition) is 1. The first-order valence-corrected chi connectivity index (χ1v) is 10.0. The molecule has 0 unspecified atom stereocenters. The predicted octanol–water partition coefficient (Wildman–Crippen LogP) is 3.54. The highest BCUT2D eigenvalue weighted by Gasteiger charge is 2.35. The van der Waals surface area contributed by atoms with Crippen LogP contribution in [0.25, 0.3) is 0 Å². The van der Waals surface area contributed by atoms with Crippen LogP contribution in [-0.4, -0.2) is 31.1 Å². The minimum absolute atomic E-state index is 0.0382. The molecule has 2 aromatic carbocycles. The van der Waals surface area contributed by atoms with Gasteiger partial charge in [-0.2, -0.15) is 0 Å². The van der Waals surface area contributed by atoms with Crippen LogP contribution in [0.3, 0.4) is 0 Å². The minimum atomic E-state index is -0.350. The summed E-state index contributed by atoms with van der Waals surface area (Å²) in [6.45, 7) is 7.31. The number of ether oxygens (including phenoxy) is 2. The number of carbonyl (C=O) groups is 2. The summed E-state index contributed by atoms with van der Waals surface area (Å²) in [4.78, 5) is 26.6. The van der Waals surface area contributed by atoms with Gasteiger partial charge in [-0.15, -0.1) is 0 Å². The Morgan fingerprint density at radius 1 is 1.10 bits per heavy atom. The van der Waals surface area contributed by atoms with E-state index in [1.807, 2.05) is 69.3 Å². The second-order valence-corrected chi connectivity index (χ2v) is 7.36. The SMILES string of the molecule is CCOc1ccc(CNC(=O)[C@@H]2CC(=O)N(c3ccc(OC(C)C)cc3)C2)cc1. The monoisotopic (exact) mass is 396 g/mol. The van der Waals surface area contributed by atoms with E-state index in [4.69, 9.17) is 9.47 Å². The standard InChI is InChI=1S/C23H28N2O4/c1-4-28-20-9-5-17(6-10-20)14-24-23(27)18-13-22(26)25(15-18)19-7-11-21(12-8-19)29-16(2)3/h5-12,16,18H,4,13-15H2,1-3H3,(H,24,27)/t18-/m1/s1. The first-order chi connectivity index (χ1) is 14.0. The van der Waals surface area contributed by atoms with E-state index in [9.17, 15) is 9.59 Å². The van der Waals surface area contributed by atoms with Gasteiger partial charge in [0.05, 0.1) is 18.6 Å². The van der Waals surface area contributed by atoms with E-state index in [1.54, 1.807) is 4.90 Å². The molecule has 0 saturated carbocycles. The summed E-state index contributed by atoms with van der Waals surface area (Å²) < 4.78 is 11.1. The fourth-order valence-corrected chi connectivity index (χ4v) is 3.31. The maximum Gasteiger partial charge on any atom is 0.227 e. The zero-order valence-corrected chi connectivity index (χ0v) is 17.2. The van der Waals surface area contributed by atoms with Crippen LogP contribution in [0.4, 0.5) is 5.69 Å². The Morgan fingerprint density at radius 3 is 2.38 bits per heavy atom. The number of anilines is 1. The van der Waals surface area contributed by atoms with Crippen LogP contribution < -0.4 is 19.7 Å². The number of nitrogens with one attached hydrogen (secondary N) is 1. The Kier molecular flexibility index (Phi) is 6.75. The van der Waals surface area contributed by atoms with Crippen molar-refractivity contribution in [2.24, 2.45) is 5.92 Å². The Morgan fingerprint density at radius 2 is 1.76 bits per heavy atom. The third kappa shape index (κ3) is 5.50. The molecule has 3 rings (SSSR count). The van der Waals surface area contributed by atoms with Crippen molar-refractivity contribution < 1.29 is 19.1 Å². The van der Waals surface area contributed by atoms with Crippen molar-refractivity contribution >= 4 is 17.5 Å². The third-order valence-electron chi connectivity index (χ3n) is 4.72. The van der Waals surface area contributed by atoms with Crippen molar-refractivity contribution in [2.45, 2.75) is 39.8 Å². The van der Waals surface area contributed by atoms with Gasteiger partial charge < -0.3 is 19.7 Å². The maximum atomic E-state index is 12.6. The van der Waals surface area contributed by atoms with Crippen molar-refractivity contribution in [3.8, 4) is 11.5 Å². The Balaban J connectivity index is 1.54. The molecule has 1 aliphatic heterocycles. The zero-order chi connectivity index (χ0) is 20.8. The van der Waals surface area contributed by atoms with Gasteiger partial charge in [-0.1, -0.05) is 12.1 Å². The van der Waals surface area contributed by atoms with Crippen molar-refractivity contribution in [1.82, 2.24) is 5.32 Å². The first kappa shape index (κ1) is 20.7. The number of hydrogen-bond acceptors (Lipinski definition) is 4. The number of nitrogens with zero attached hydrogens (tertiary/aromatic N) is 1. The van der Waals surface area contributed by atoms with Gasteiger partial charge in [0, 0.05) is 25.2 Å². The lowest BCUT2D eigenvalue weighted by Gasteiger charge is -2.18. The molecular weight excluding hydrogens is 368 g/mol. The summed E-state index contributed by atoms with van der Waals surface area (Å²) in [6, 6.07) is 15.0. The number of benzene rings is 2. The predicted molar refractivity (Wildman–Crippen MR) is 112 cm³/mol. The smallest absolute Gasteiger partial charge is 0.227 e. The number of rotatable bonds is 8. The number of carbonyl (C=O) groups excluding carboxylic acids is 2. The van der Waals surface area contributed by atoms with Crippen LogP contribution in [0, 0.1) is 5.92 Å². The molecule has 1 atom stereocenters. The molecule has 0 spiro atoms. The number of amides is 2. The lowest BCUT2D eigenvalue weighted by atomic mass is 10.1. The van der Waals surface area contributed by atoms with Crippen LogP contribution in [-0.2, 0) is 16.1 Å². The highest BCUT2D eigenvalue weighted by molar-refractivity contribution is 6.00. The molecule has 154 valence electrons. The topological polar surface area (TPSA) is 67.9 Å². The van der Waals surface area contributed by atoms with E-state index in [1.165, 1.54) is 0 Å². The van der Waals surface area contributed by atoms with Crippen LogP contribution in [0.15, 0.2) is 48.5 Å². The van der Waals surface area contributed by atoms with Gasteiger partial charge in [0.15, 0.2) is 0 Å². The lowest BCUT2D eigenvalue weighted by molar-refractivity contribution is -0.126. The van der Waals surface area contributed by atoms with Gasteiger partial charge in [0.25, 0.3) is 0 Å². The zero-order valence-electron chi connectivity index (χ0n) is 17.2.